The summed E-state index contributed by atoms with van der Waals surface area (Å²) < 4.78 is 11.4. The number of nitrogen functional groups attached to an aromatic ring is 1. The van der Waals surface area contributed by atoms with Crippen molar-refractivity contribution in [2.45, 2.75) is 13.3 Å². The lowest BCUT2D eigenvalue weighted by atomic mass is 10.2. The fraction of sp³-hybridized carbons (Fsp3) is 0.294. The topological polar surface area (TPSA) is 47.7 Å². The SMILES string of the molecule is CCOc1cc(N)cc(N2CCCOc3ccccc32)c1. The molecule has 0 radical (unpaired) electrons. The number of para-hydroxylation sites is 2. The van der Waals surface area contributed by atoms with Crippen LogP contribution in [0, 0.1) is 0 Å². The maximum atomic E-state index is 6.02. The first-order valence-electron chi connectivity index (χ1n) is 7.30. The van der Waals surface area contributed by atoms with Gasteiger partial charge in [-0.1, -0.05) is 12.1 Å². The van der Waals surface area contributed by atoms with Gasteiger partial charge in [-0.05, 0) is 31.5 Å². The van der Waals surface area contributed by atoms with Crippen LogP contribution in [0.2, 0.25) is 0 Å². The summed E-state index contributed by atoms with van der Waals surface area (Å²) in [6.45, 7) is 4.22. The van der Waals surface area contributed by atoms with E-state index in [1.165, 1.54) is 0 Å². The molecule has 0 unspecified atom stereocenters. The molecular formula is C17H20N2O2. The molecule has 0 saturated carbocycles. The van der Waals surface area contributed by atoms with Crippen molar-refractivity contribution in [3.63, 3.8) is 0 Å². The second kappa shape index (κ2) is 5.95. The second-order valence-corrected chi connectivity index (χ2v) is 5.01. The Morgan fingerprint density at radius 2 is 2.10 bits per heavy atom. The number of nitrogens with two attached hydrogens (primary N) is 1. The summed E-state index contributed by atoms with van der Waals surface area (Å²) in [5.41, 5.74) is 8.84. The molecule has 0 aliphatic carbocycles. The van der Waals surface area contributed by atoms with Crippen LogP contribution in [-0.4, -0.2) is 19.8 Å². The molecule has 2 aromatic carbocycles. The van der Waals surface area contributed by atoms with E-state index in [0.717, 1.165) is 42.4 Å². The summed E-state index contributed by atoms with van der Waals surface area (Å²) in [5, 5.41) is 0. The Labute approximate surface area is 125 Å². The van der Waals surface area contributed by atoms with Gasteiger partial charge < -0.3 is 20.1 Å². The van der Waals surface area contributed by atoms with E-state index in [1.807, 2.05) is 43.3 Å². The summed E-state index contributed by atoms with van der Waals surface area (Å²) in [6.07, 6.45) is 0.966. The zero-order valence-corrected chi connectivity index (χ0v) is 12.2. The van der Waals surface area contributed by atoms with Crippen molar-refractivity contribution in [2.75, 3.05) is 30.4 Å². The minimum Gasteiger partial charge on any atom is -0.494 e. The maximum absolute atomic E-state index is 6.02. The highest BCUT2D eigenvalue weighted by Gasteiger charge is 2.18. The Bertz CT molecular complexity index is 628. The van der Waals surface area contributed by atoms with Crippen LogP contribution >= 0.6 is 0 Å². The van der Waals surface area contributed by atoms with Crippen LogP contribution in [0.5, 0.6) is 11.5 Å². The van der Waals surface area contributed by atoms with E-state index >= 15 is 0 Å². The molecule has 2 N–H and O–H groups in total. The van der Waals surface area contributed by atoms with Gasteiger partial charge in [0.25, 0.3) is 0 Å². The van der Waals surface area contributed by atoms with Gasteiger partial charge in [0.05, 0.1) is 18.9 Å². The van der Waals surface area contributed by atoms with Crippen LogP contribution in [0.1, 0.15) is 13.3 Å². The highest BCUT2D eigenvalue weighted by atomic mass is 16.5. The molecule has 21 heavy (non-hydrogen) atoms. The van der Waals surface area contributed by atoms with Gasteiger partial charge >= 0.3 is 0 Å². The molecule has 0 atom stereocenters. The predicted molar refractivity (Wildman–Crippen MR) is 85.6 cm³/mol. The zero-order chi connectivity index (χ0) is 14.7. The number of hydrogen-bond donors (Lipinski definition) is 1. The van der Waals surface area contributed by atoms with E-state index < -0.39 is 0 Å². The minimum atomic E-state index is 0.628. The quantitative estimate of drug-likeness (QED) is 0.875. The van der Waals surface area contributed by atoms with Crippen molar-refractivity contribution >= 4 is 17.1 Å². The summed E-state index contributed by atoms with van der Waals surface area (Å²) in [5.74, 6) is 1.71. The van der Waals surface area contributed by atoms with Gasteiger partial charge in [-0.3, -0.25) is 0 Å². The molecule has 4 nitrogen and oxygen atoms in total. The van der Waals surface area contributed by atoms with Crippen molar-refractivity contribution in [2.24, 2.45) is 0 Å². The maximum Gasteiger partial charge on any atom is 0.142 e. The lowest BCUT2D eigenvalue weighted by molar-refractivity contribution is 0.322. The fourth-order valence-corrected chi connectivity index (χ4v) is 2.61. The van der Waals surface area contributed by atoms with Crippen LogP contribution in [0.4, 0.5) is 17.1 Å². The molecule has 4 heteroatoms. The molecule has 1 aliphatic heterocycles. The van der Waals surface area contributed by atoms with E-state index in [4.69, 9.17) is 15.2 Å². The van der Waals surface area contributed by atoms with Gasteiger partial charge in [0.1, 0.15) is 11.5 Å². The Morgan fingerprint density at radius 3 is 2.95 bits per heavy atom. The molecule has 0 spiro atoms. The van der Waals surface area contributed by atoms with E-state index in [-0.39, 0.29) is 0 Å². The number of fused-ring (bicyclic) bond motifs is 1. The largest absolute Gasteiger partial charge is 0.494 e. The third kappa shape index (κ3) is 2.89. The average Bonchev–Trinajstić information content (AvgIpc) is 2.69. The summed E-state index contributed by atoms with van der Waals surface area (Å²) in [4.78, 5) is 2.24. The van der Waals surface area contributed by atoms with E-state index in [0.29, 0.717) is 12.3 Å². The number of anilines is 3. The molecule has 1 heterocycles. The smallest absolute Gasteiger partial charge is 0.142 e. The summed E-state index contributed by atoms with van der Waals surface area (Å²) >= 11 is 0. The van der Waals surface area contributed by atoms with E-state index in [2.05, 4.69) is 11.0 Å². The molecule has 0 bridgehead atoms. The standard InChI is InChI=1S/C17H20N2O2/c1-2-20-15-11-13(18)10-14(12-15)19-8-5-9-21-17-7-4-3-6-16(17)19/h3-4,6-7,10-12H,2,5,8-9,18H2,1H3. The van der Waals surface area contributed by atoms with E-state index in [9.17, 15) is 0 Å². The van der Waals surface area contributed by atoms with Gasteiger partial charge in [0.2, 0.25) is 0 Å². The molecule has 1 aliphatic rings. The monoisotopic (exact) mass is 284 g/mol. The number of nitrogens with zero attached hydrogens (tertiary/aromatic N) is 1. The first-order valence-corrected chi connectivity index (χ1v) is 7.30. The number of benzene rings is 2. The fourth-order valence-electron chi connectivity index (χ4n) is 2.61. The van der Waals surface area contributed by atoms with Gasteiger partial charge in [-0.25, -0.2) is 0 Å². The van der Waals surface area contributed by atoms with Gasteiger partial charge in [-0.2, -0.15) is 0 Å². The summed E-state index contributed by atoms with van der Waals surface area (Å²) in [7, 11) is 0. The Balaban J connectivity index is 2.03. The molecular weight excluding hydrogens is 264 g/mol. The van der Waals surface area contributed by atoms with Gasteiger partial charge in [-0.15, -0.1) is 0 Å². The van der Waals surface area contributed by atoms with Crippen LogP contribution in [0.3, 0.4) is 0 Å². The second-order valence-electron chi connectivity index (χ2n) is 5.01. The van der Waals surface area contributed by atoms with Crippen LogP contribution in [0.15, 0.2) is 42.5 Å². The predicted octanol–water partition coefficient (Wildman–Crippen LogP) is 3.59. The average molecular weight is 284 g/mol. The van der Waals surface area contributed by atoms with Crippen molar-refractivity contribution in [3.8, 4) is 11.5 Å². The Morgan fingerprint density at radius 1 is 1.24 bits per heavy atom. The number of ether oxygens (including phenoxy) is 2. The van der Waals surface area contributed by atoms with Gasteiger partial charge in [0.15, 0.2) is 0 Å². The lowest BCUT2D eigenvalue weighted by Crippen LogP contribution is -2.17. The molecule has 2 aromatic rings. The van der Waals surface area contributed by atoms with Crippen LogP contribution in [-0.2, 0) is 0 Å². The number of rotatable bonds is 3. The van der Waals surface area contributed by atoms with Crippen molar-refractivity contribution in [1.29, 1.82) is 0 Å². The molecule has 0 saturated heterocycles. The van der Waals surface area contributed by atoms with Crippen LogP contribution < -0.4 is 20.1 Å². The minimum absolute atomic E-state index is 0.628. The first kappa shape index (κ1) is 13.6. The Hall–Kier alpha value is -2.36. The molecule has 0 fully saturated rings. The molecule has 0 amide bonds. The highest BCUT2D eigenvalue weighted by Crippen LogP contribution is 2.37. The lowest BCUT2D eigenvalue weighted by Gasteiger charge is -2.24. The van der Waals surface area contributed by atoms with Gasteiger partial charge in [0, 0.05) is 30.1 Å². The molecule has 110 valence electrons. The third-order valence-electron chi connectivity index (χ3n) is 3.48. The van der Waals surface area contributed by atoms with E-state index in [1.54, 1.807) is 0 Å². The molecule has 3 rings (SSSR count). The Kier molecular flexibility index (Phi) is 3.86. The highest BCUT2D eigenvalue weighted by molar-refractivity contribution is 5.73. The van der Waals surface area contributed by atoms with Crippen molar-refractivity contribution in [3.05, 3.63) is 42.5 Å². The van der Waals surface area contributed by atoms with Crippen LogP contribution in [0.25, 0.3) is 0 Å². The van der Waals surface area contributed by atoms with Crippen molar-refractivity contribution in [1.82, 2.24) is 0 Å². The zero-order valence-electron chi connectivity index (χ0n) is 12.2. The first-order chi connectivity index (χ1) is 10.3. The third-order valence-corrected chi connectivity index (χ3v) is 3.48. The summed E-state index contributed by atoms with van der Waals surface area (Å²) in [6, 6.07) is 14.0. The number of hydrogen-bond acceptors (Lipinski definition) is 4. The molecule has 0 aromatic heterocycles. The normalized spacial score (nSPS) is 14.0. The van der Waals surface area contributed by atoms with Crippen molar-refractivity contribution < 1.29 is 9.47 Å².